The van der Waals surface area contributed by atoms with Crippen LogP contribution >= 0.6 is 11.3 Å². The number of fused-ring (bicyclic) bond motifs is 1. The molecule has 2 aromatic heterocycles. The Labute approximate surface area is 209 Å². The molecular weight excluding hydrogens is 450 g/mol. The molecule has 0 fully saturated rings. The first kappa shape index (κ1) is 22.9. The smallest absolute Gasteiger partial charge is 0.258 e. The van der Waals surface area contributed by atoms with Crippen molar-refractivity contribution in [2.24, 2.45) is 0 Å². The highest BCUT2D eigenvalue weighted by Gasteiger charge is 2.17. The Bertz CT molecular complexity index is 1530. The van der Waals surface area contributed by atoms with E-state index in [1.165, 1.54) is 22.5 Å². The van der Waals surface area contributed by atoms with Crippen molar-refractivity contribution in [1.29, 1.82) is 0 Å². The van der Waals surface area contributed by atoms with Gasteiger partial charge in [0.25, 0.3) is 5.91 Å². The van der Waals surface area contributed by atoms with Crippen LogP contribution in [0.3, 0.4) is 0 Å². The Morgan fingerprint density at radius 3 is 2.40 bits per heavy atom. The van der Waals surface area contributed by atoms with Gasteiger partial charge in [0.2, 0.25) is 0 Å². The van der Waals surface area contributed by atoms with Gasteiger partial charge in [-0.1, -0.05) is 80.1 Å². The van der Waals surface area contributed by atoms with Crippen molar-refractivity contribution in [3.8, 4) is 22.5 Å². The number of hydrogen-bond acceptors (Lipinski definition) is 4. The standard InChI is InChI=1S/C30H27N3OS/c1-18(2)21-10-12-22(13-11-21)28-17-35-30(32-28)33-29(34)25-16-27(23-14-9-19(3)15-20(23)4)31-26-8-6-5-7-24(25)26/h5-18H,1-4H3,(H,32,33,34). The molecule has 5 aromatic rings. The second-order valence-electron chi connectivity index (χ2n) is 9.16. The van der Waals surface area contributed by atoms with Crippen LogP contribution in [0.1, 0.15) is 46.8 Å². The summed E-state index contributed by atoms with van der Waals surface area (Å²) < 4.78 is 0. The highest BCUT2D eigenvalue weighted by molar-refractivity contribution is 7.14. The van der Waals surface area contributed by atoms with E-state index in [0.29, 0.717) is 16.6 Å². The van der Waals surface area contributed by atoms with Gasteiger partial charge in [-0.3, -0.25) is 10.1 Å². The number of aryl methyl sites for hydroxylation is 2. The first-order valence-electron chi connectivity index (χ1n) is 11.7. The Balaban J connectivity index is 1.47. The van der Waals surface area contributed by atoms with Gasteiger partial charge in [-0.05, 0) is 43.0 Å². The SMILES string of the molecule is Cc1ccc(-c2cc(C(=O)Nc3nc(-c4ccc(C(C)C)cc4)cs3)c3ccccc3n2)c(C)c1. The van der Waals surface area contributed by atoms with Crippen molar-refractivity contribution < 1.29 is 4.79 Å². The fraction of sp³-hybridized carbons (Fsp3) is 0.167. The number of para-hydroxylation sites is 1. The summed E-state index contributed by atoms with van der Waals surface area (Å²) in [5, 5.41) is 6.39. The van der Waals surface area contributed by atoms with Gasteiger partial charge in [0.15, 0.2) is 5.13 Å². The number of benzene rings is 3. The van der Waals surface area contributed by atoms with Crippen LogP contribution in [0.5, 0.6) is 0 Å². The monoisotopic (exact) mass is 477 g/mol. The summed E-state index contributed by atoms with van der Waals surface area (Å²) in [7, 11) is 0. The number of carbonyl (C=O) groups excluding carboxylic acids is 1. The zero-order valence-electron chi connectivity index (χ0n) is 20.3. The molecule has 1 amide bonds. The number of anilines is 1. The molecule has 5 rings (SSSR count). The lowest BCUT2D eigenvalue weighted by Crippen LogP contribution is -2.13. The molecule has 0 spiro atoms. The summed E-state index contributed by atoms with van der Waals surface area (Å²) in [6.07, 6.45) is 0. The third-order valence-electron chi connectivity index (χ3n) is 6.22. The minimum Gasteiger partial charge on any atom is -0.298 e. The minimum atomic E-state index is -0.189. The van der Waals surface area contributed by atoms with Gasteiger partial charge in [-0.25, -0.2) is 9.97 Å². The Hall–Kier alpha value is -3.83. The molecule has 0 unspecified atom stereocenters. The van der Waals surface area contributed by atoms with E-state index in [9.17, 15) is 4.79 Å². The maximum atomic E-state index is 13.4. The molecular formula is C30H27N3OS. The van der Waals surface area contributed by atoms with E-state index in [2.05, 4.69) is 80.5 Å². The number of nitrogens with zero attached hydrogens (tertiary/aromatic N) is 2. The molecule has 4 nitrogen and oxygen atoms in total. The van der Waals surface area contributed by atoms with Gasteiger partial charge >= 0.3 is 0 Å². The summed E-state index contributed by atoms with van der Waals surface area (Å²) in [6, 6.07) is 24.4. The van der Waals surface area contributed by atoms with Gasteiger partial charge in [0.05, 0.1) is 22.5 Å². The highest BCUT2D eigenvalue weighted by atomic mass is 32.1. The van der Waals surface area contributed by atoms with Crippen LogP contribution in [0, 0.1) is 13.8 Å². The molecule has 0 aliphatic carbocycles. The number of thiazole rings is 1. The van der Waals surface area contributed by atoms with Gasteiger partial charge in [-0.2, -0.15) is 0 Å². The predicted molar refractivity (Wildman–Crippen MR) is 146 cm³/mol. The molecule has 0 aliphatic heterocycles. The fourth-order valence-electron chi connectivity index (χ4n) is 4.27. The third kappa shape index (κ3) is 4.73. The lowest BCUT2D eigenvalue weighted by molar-refractivity contribution is 0.102. The highest BCUT2D eigenvalue weighted by Crippen LogP contribution is 2.30. The topological polar surface area (TPSA) is 54.9 Å². The number of aromatic nitrogens is 2. The van der Waals surface area contributed by atoms with Crippen LogP contribution in [0.25, 0.3) is 33.4 Å². The first-order chi connectivity index (χ1) is 16.9. The maximum absolute atomic E-state index is 13.4. The average molecular weight is 478 g/mol. The molecule has 35 heavy (non-hydrogen) atoms. The summed E-state index contributed by atoms with van der Waals surface area (Å²) in [4.78, 5) is 23.0. The van der Waals surface area contributed by atoms with Crippen LogP contribution in [0.4, 0.5) is 5.13 Å². The second-order valence-corrected chi connectivity index (χ2v) is 10.0. The third-order valence-corrected chi connectivity index (χ3v) is 6.97. The average Bonchev–Trinajstić information content (AvgIpc) is 3.31. The number of hydrogen-bond donors (Lipinski definition) is 1. The van der Waals surface area contributed by atoms with E-state index in [4.69, 9.17) is 4.98 Å². The fourth-order valence-corrected chi connectivity index (χ4v) is 4.98. The number of carbonyl (C=O) groups is 1. The van der Waals surface area contributed by atoms with Crippen LogP contribution in [0.2, 0.25) is 0 Å². The van der Waals surface area contributed by atoms with E-state index >= 15 is 0 Å². The Morgan fingerprint density at radius 1 is 0.886 bits per heavy atom. The van der Waals surface area contributed by atoms with Crippen molar-refractivity contribution in [2.45, 2.75) is 33.6 Å². The van der Waals surface area contributed by atoms with Crippen LogP contribution in [0.15, 0.2) is 78.2 Å². The van der Waals surface area contributed by atoms with E-state index < -0.39 is 0 Å². The summed E-state index contributed by atoms with van der Waals surface area (Å²) in [6.45, 7) is 8.51. The first-order valence-corrected chi connectivity index (χ1v) is 12.6. The summed E-state index contributed by atoms with van der Waals surface area (Å²) >= 11 is 1.43. The zero-order valence-corrected chi connectivity index (χ0v) is 21.1. The van der Waals surface area contributed by atoms with Crippen molar-refractivity contribution in [1.82, 2.24) is 9.97 Å². The van der Waals surface area contributed by atoms with Crippen LogP contribution in [-0.2, 0) is 0 Å². The number of pyridine rings is 1. The van der Waals surface area contributed by atoms with Crippen molar-refractivity contribution >= 4 is 33.3 Å². The van der Waals surface area contributed by atoms with Gasteiger partial charge in [0, 0.05) is 21.9 Å². The Morgan fingerprint density at radius 2 is 1.66 bits per heavy atom. The predicted octanol–water partition coefficient (Wildman–Crippen LogP) is 8.02. The van der Waals surface area contributed by atoms with Gasteiger partial charge < -0.3 is 0 Å². The van der Waals surface area contributed by atoms with E-state index in [1.807, 2.05) is 35.7 Å². The largest absolute Gasteiger partial charge is 0.298 e. The number of rotatable bonds is 5. The van der Waals surface area contributed by atoms with Gasteiger partial charge in [-0.15, -0.1) is 11.3 Å². The minimum absolute atomic E-state index is 0.189. The maximum Gasteiger partial charge on any atom is 0.258 e. The number of nitrogens with one attached hydrogen (secondary N) is 1. The van der Waals surface area contributed by atoms with Gasteiger partial charge in [0.1, 0.15) is 0 Å². The lowest BCUT2D eigenvalue weighted by atomic mass is 9.99. The van der Waals surface area contributed by atoms with Crippen LogP contribution in [-0.4, -0.2) is 15.9 Å². The van der Waals surface area contributed by atoms with E-state index in [0.717, 1.165) is 39.0 Å². The van der Waals surface area contributed by atoms with Crippen LogP contribution < -0.4 is 5.32 Å². The normalized spacial score (nSPS) is 11.2. The molecule has 2 heterocycles. The summed E-state index contributed by atoms with van der Waals surface area (Å²) in [5.41, 5.74) is 8.71. The Kier molecular flexibility index (Phi) is 6.18. The molecule has 5 heteroatoms. The summed E-state index contributed by atoms with van der Waals surface area (Å²) in [5.74, 6) is 0.295. The molecule has 0 radical (unpaired) electrons. The zero-order chi connectivity index (χ0) is 24.5. The quantitative estimate of drug-likeness (QED) is 0.279. The van der Waals surface area contributed by atoms with Crippen molar-refractivity contribution in [3.05, 3.63) is 100 Å². The molecule has 0 aliphatic rings. The molecule has 0 saturated carbocycles. The molecule has 174 valence electrons. The number of amides is 1. The second kappa shape index (κ2) is 9.43. The van der Waals surface area contributed by atoms with Crippen molar-refractivity contribution in [2.75, 3.05) is 5.32 Å². The molecule has 0 saturated heterocycles. The van der Waals surface area contributed by atoms with E-state index in [-0.39, 0.29) is 5.91 Å². The van der Waals surface area contributed by atoms with E-state index in [1.54, 1.807) is 0 Å². The van der Waals surface area contributed by atoms with Crippen molar-refractivity contribution in [3.63, 3.8) is 0 Å². The molecule has 0 bridgehead atoms. The molecule has 3 aromatic carbocycles. The lowest BCUT2D eigenvalue weighted by Gasteiger charge is -2.11. The molecule has 0 atom stereocenters. The molecule has 1 N–H and O–H groups in total.